The molecule has 0 unspecified atom stereocenters. The summed E-state index contributed by atoms with van der Waals surface area (Å²) >= 11 is 0. The maximum Gasteiger partial charge on any atom is 0.319 e. The van der Waals surface area contributed by atoms with Crippen LogP contribution in [-0.2, 0) is 0 Å². The molecule has 0 atom stereocenters. The largest absolute Gasteiger partial charge is 0.331 e. The molecule has 24 heavy (non-hydrogen) atoms. The molecule has 0 bridgehead atoms. The summed E-state index contributed by atoms with van der Waals surface area (Å²) in [4.78, 5) is 17.3. The number of carbonyl (C=O) groups excluding carboxylic acids is 1. The molecule has 3 rings (SSSR count). The number of nitrogens with one attached hydrogen (secondary N) is 1. The van der Waals surface area contributed by atoms with Gasteiger partial charge < -0.3 is 14.7 Å². The Kier molecular flexibility index (Phi) is 5.16. The Bertz CT molecular complexity index is 610. The molecule has 1 saturated heterocycles. The van der Waals surface area contributed by atoms with Gasteiger partial charge in [0.1, 0.15) is 6.04 Å². The van der Waals surface area contributed by atoms with E-state index >= 15 is 0 Å². The summed E-state index contributed by atoms with van der Waals surface area (Å²) in [7, 11) is 3.64. The fraction of sp³-hybridized carbons (Fsp3) is 0.350. The predicted octanol–water partition coefficient (Wildman–Crippen LogP) is 1.66. The fourth-order valence-corrected chi connectivity index (χ4v) is 3.51. The Morgan fingerprint density at radius 3 is 1.79 bits per heavy atom. The highest BCUT2D eigenvalue weighted by Gasteiger charge is 2.31. The quantitative estimate of drug-likeness (QED) is 0.914. The van der Waals surface area contributed by atoms with Crippen molar-refractivity contribution in [3.63, 3.8) is 0 Å². The van der Waals surface area contributed by atoms with E-state index in [1.165, 1.54) is 16.0 Å². The van der Waals surface area contributed by atoms with E-state index in [0.29, 0.717) is 6.04 Å². The second-order valence-electron chi connectivity index (χ2n) is 6.58. The lowest BCUT2D eigenvalue weighted by atomic mass is 9.96. The number of carbonyl (C=O) groups is 1. The molecule has 0 aromatic heterocycles. The SMILES string of the molecule is CN(C)C(=O)N1CC[NH+](C(c2ccccc2)c2ccccc2)CC1. The summed E-state index contributed by atoms with van der Waals surface area (Å²) in [5.74, 6) is 0. The molecule has 1 fully saturated rings. The monoisotopic (exact) mass is 324 g/mol. The van der Waals surface area contributed by atoms with Crippen LogP contribution in [0.1, 0.15) is 17.2 Å². The molecule has 0 saturated carbocycles. The molecular formula is C20H26N3O+. The zero-order valence-corrected chi connectivity index (χ0v) is 14.5. The minimum Gasteiger partial charge on any atom is -0.331 e. The average Bonchev–Trinajstić information content (AvgIpc) is 2.64. The highest BCUT2D eigenvalue weighted by Crippen LogP contribution is 2.19. The summed E-state index contributed by atoms with van der Waals surface area (Å²) in [6.45, 7) is 3.55. The number of quaternary nitrogens is 1. The number of nitrogens with zero attached hydrogens (tertiary/aromatic N) is 2. The zero-order valence-electron chi connectivity index (χ0n) is 14.5. The van der Waals surface area contributed by atoms with Crippen molar-refractivity contribution in [1.82, 2.24) is 9.80 Å². The maximum absolute atomic E-state index is 12.2. The molecule has 2 aromatic rings. The van der Waals surface area contributed by atoms with Gasteiger partial charge in [0.25, 0.3) is 0 Å². The standard InChI is InChI=1S/C20H25N3O/c1-21(2)20(24)23-15-13-22(14-16-23)19(17-9-5-3-6-10-17)18-11-7-4-8-12-18/h3-12,19H,13-16H2,1-2H3/p+1. The van der Waals surface area contributed by atoms with E-state index in [2.05, 4.69) is 60.7 Å². The van der Waals surface area contributed by atoms with Crippen molar-refractivity contribution < 1.29 is 9.69 Å². The van der Waals surface area contributed by atoms with Crippen LogP contribution in [0.2, 0.25) is 0 Å². The van der Waals surface area contributed by atoms with Gasteiger partial charge in [-0.1, -0.05) is 60.7 Å². The zero-order chi connectivity index (χ0) is 16.9. The minimum absolute atomic E-state index is 0.116. The Hall–Kier alpha value is -2.33. The van der Waals surface area contributed by atoms with Gasteiger partial charge in [0.15, 0.2) is 0 Å². The predicted molar refractivity (Wildman–Crippen MR) is 96.1 cm³/mol. The number of urea groups is 1. The lowest BCUT2D eigenvalue weighted by Crippen LogP contribution is -3.15. The van der Waals surface area contributed by atoms with Gasteiger partial charge in [-0.25, -0.2) is 4.79 Å². The highest BCUT2D eigenvalue weighted by atomic mass is 16.2. The van der Waals surface area contributed by atoms with Crippen molar-refractivity contribution in [2.45, 2.75) is 6.04 Å². The Morgan fingerprint density at radius 2 is 1.38 bits per heavy atom. The molecule has 126 valence electrons. The van der Waals surface area contributed by atoms with Crippen LogP contribution < -0.4 is 4.90 Å². The second-order valence-corrected chi connectivity index (χ2v) is 6.58. The van der Waals surface area contributed by atoms with Crippen molar-refractivity contribution in [3.8, 4) is 0 Å². The Labute approximate surface area is 144 Å². The summed E-state index contributed by atoms with van der Waals surface area (Å²) in [5, 5.41) is 0. The highest BCUT2D eigenvalue weighted by molar-refractivity contribution is 5.73. The van der Waals surface area contributed by atoms with E-state index in [1.54, 1.807) is 4.90 Å². The molecule has 1 N–H and O–H groups in total. The van der Waals surface area contributed by atoms with Crippen LogP contribution in [-0.4, -0.2) is 56.1 Å². The number of amides is 2. The summed E-state index contributed by atoms with van der Waals surface area (Å²) < 4.78 is 0. The smallest absolute Gasteiger partial charge is 0.319 e. The topological polar surface area (TPSA) is 28.0 Å². The summed E-state index contributed by atoms with van der Waals surface area (Å²) in [6.07, 6.45) is 0. The van der Waals surface area contributed by atoms with Crippen LogP contribution in [0.5, 0.6) is 0 Å². The van der Waals surface area contributed by atoms with Gasteiger partial charge in [-0.2, -0.15) is 0 Å². The van der Waals surface area contributed by atoms with Crippen LogP contribution in [0.15, 0.2) is 60.7 Å². The van der Waals surface area contributed by atoms with E-state index in [-0.39, 0.29) is 6.03 Å². The number of benzene rings is 2. The average molecular weight is 324 g/mol. The Balaban J connectivity index is 1.80. The summed E-state index contributed by atoms with van der Waals surface area (Å²) in [5.41, 5.74) is 2.68. The third-order valence-electron chi connectivity index (χ3n) is 4.73. The van der Waals surface area contributed by atoms with E-state index < -0.39 is 0 Å². The van der Waals surface area contributed by atoms with Gasteiger partial charge in [-0.3, -0.25) is 0 Å². The van der Waals surface area contributed by atoms with Crippen LogP contribution >= 0.6 is 0 Å². The first-order valence-electron chi connectivity index (χ1n) is 8.57. The fourth-order valence-electron chi connectivity index (χ4n) is 3.51. The molecule has 0 radical (unpaired) electrons. The first-order valence-corrected chi connectivity index (χ1v) is 8.57. The van der Waals surface area contributed by atoms with Gasteiger partial charge in [0.2, 0.25) is 0 Å². The third-order valence-corrected chi connectivity index (χ3v) is 4.73. The van der Waals surface area contributed by atoms with Crippen molar-refractivity contribution in [2.24, 2.45) is 0 Å². The lowest BCUT2D eigenvalue weighted by Gasteiger charge is -2.37. The van der Waals surface area contributed by atoms with E-state index in [9.17, 15) is 4.79 Å². The van der Waals surface area contributed by atoms with Crippen molar-refractivity contribution in [2.75, 3.05) is 40.3 Å². The molecule has 1 heterocycles. The summed E-state index contributed by atoms with van der Waals surface area (Å²) in [6, 6.07) is 21.8. The molecular weight excluding hydrogens is 298 g/mol. The number of hydrogen-bond acceptors (Lipinski definition) is 1. The third kappa shape index (κ3) is 3.60. The maximum atomic E-state index is 12.2. The molecule has 1 aliphatic heterocycles. The number of hydrogen-bond donors (Lipinski definition) is 1. The molecule has 2 aromatic carbocycles. The first-order chi connectivity index (χ1) is 11.7. The molecule has 1 aliphatic rings. The molecule has 4 nitrogen and oxygen atoms in total. The van der Waals surface area contributed by atoms with E-state index in [1.807, 2.05) is 19.0 Å². The van der Waals surface area contributed by atoms with Crippen molar-refractivity contribution in [3.05, 3.63) is 71.8 Å². The van der Waals surface area contributed by atoms with Crippen LogP contribution in [0.3, 0.4) is 0 Å². The molecule has 0 aliphatic carbocycles. The number of rotatable bonds is 3. The normalized spacial score (nSPS) is 15.5. The van der Waals surface area contributed by atoms with Crippen LogP contribution in [0.4, 0.5) is 4.79 Å². The first kappa shape index (κ1) is 16.5. The van der Waals surface area contributed by atoms with Gasteiger partial charge in [0, 0.05) is 25.2 Å². The van der Waals surface area contributed by atoms with E-state index in [4.69, 9.17) is 0 Å². The van der Waals surface area contributed by atoms with Gasteiger partial charge >= 0.3 is 6.03 Å². The number of piperazine rings is 1. The Morgan fingerprint density at radius 1 is 0.917 bits per heavy atom. The second kappa shape index (κ2) is 7.49. The van der Waals surface area contributed by atoms with Crippen molar-refractivity contribution in [1.29, 1.82) is 0 Å². The lowest BCUT2D eigenvalue weighted by molar-refractivity contribution is -0.929. The van der Waals surface area contributed by atoms with Gasteiger partial charge in [0.05, 0.1) is 26.2 Å². The molecule has 4 heteroatoms. The van der Waals surface area contributed by atoms with Gasteiger partial charge in [-0.15, -0.1) is 0 Å². The van der Waals surface area contributed by atoms with Gasteiger partial charge in [-0.05, 0) is 0 Å². The van der Waals surface area contributed by atoms with E-state index in [0.717, 1.165) is 26.2 Å². The molecule has 0 spiro atoms. The van der Waals surface area contributed by atoms with Crippen LogP contribution in [0.25, 0.3) is 0 Å². The minimum atomic E-state index is 0.116. The van der Waals surface area contributed by atoms with Crippen molar-refractivity contribution >= 4 is 6.03 Å². The van der Waals surface area contributed by atoms with Crippen LogP contribution in [0, 0.1) is 0 Å². The molecule has 2 amide bonds.